The third-order valence-corrected chi connectivity index (χ3v) is 8.85. The van der Waals surface area contributed by atoms with Crippen LogP contribution in [0.4, 0.5) is 34.9 Å². The second-order valence-electron chi connectivity index (χ2n) is 19.0. The lowest BCUT2D eigenvalue weighted by atomic mass is 9.98. The fraction of sp³-hybridized carbons (Fsp3) is 0.533. The second kappa shape index (κ2) is 20.4. The van der Waals surface area contributed by atoms with Crippen LogP contribution in [0, 0.1) is 5.82 Å². The maximum absolute atomic E-state index is 15.7. The Morgan fingerprint density at radius 2 is 1.16 bits per heavy atom. The summed E-state index contributed by atoms with van der Waals surface area (Å²) < 4.78 is 42.8. The third kappa shape index (κ3) is 16.1. The quantitative estimate of drug-likeness (QED) is 0.149. The molecular weight excluding hydrogens is 832 g/mol. The van der Waals surface area contributed by atoms with Gasteiger partial charge < -0.3 is 43.7 Å². The number of piperazine rings is 1. The molecule has 0 spiro atoms. The molecule has 0 aromatic heterocycles. The van der Waals surface area contributed by atoms with Gasteiger partial charge in [0.2, 0.25) is 11.9 Å². The van der Waals surface area contributed by atoms with Gasteiger partial charge in [-0.1, -0.05) is 6.08 Å². The molecule has 2 heterocycles. The predicted molar refractivity (Wildman–Crippen MR) is 241 cm³/mol. The first-order valence-corrected chi connectivity index (χ1v) is 20.9. The van der Waals surface area contributed by atoms with E-state index < -0.39 is 58.5 Å². The van der Waals surface area contributed by atoms with E-state index in [-0.39, 0.29) is 42.8 Å². The minimum Gasteiger partial charge on any atom is -0.496 e. The van der Waals surface area contributed by atoms with Crippen LogP contribution >= 0.6 is 0 Å². The van der Waals surface area contributed by atoms with Gasteiger partial charge in [0.25, 0.3) is 5.91 Å². The maximum atomic E-state index is 15.7. The van der Waals surface area contributed by atoms with Crippen molar-refractivity contribution in [1.82, 2.24) is 20.4 Å². The summed E-state index contributed by atoms with van der Waals surface area (Å²) in [5.74, 6) is -0.729. The second-order valence-corrected chi connectivity index (χ2v) is 19.0. The molecule has 2 aliphatic heterocycles. The summed E-state index contributed by atoms with van der Waals surface area (Å²) in [5.41, 5.74) is -0.708. The summed E-state index contributed by atoms with van der Waals surface area (Å²) >= 11 is 0. The molecule has 3 N–H and O–H groups in total. The van der Waals surface area contributed by atoms with E-state index in [4.69, 9.17) is 23.7 Å². The van der Waals surface area contributed by atoms with E-state index in [0.717, 1.165) is 11.1 Å². The molecule has 5 amide bonds. The molecule has 0 radical (unpaired) electrons. The number of methoxy groups -OCH3 is 1. The van der Waals surface area contributed by atoms with E-state index in [9.17, 15) is 24.0 Å². The van der Waals surface area contributed by atoms with Crippen molar-refractivity contribution < 1.29 is 52.0 Å². The molecule has 64 heavy (non-hydrogen) atoms. The summed E-state index contributed by atoms with van der Waals surface area (Å²) in [5, 5.41) is 7.95. The van der Waals surface area contributed by atoms with E-state index in [0.29, 0.717) is 37.5 Å². The topological polar surface area (TPSA) is 202 Å². The Kier molecular flexibility index (Phi) is 16.0. The van der Waals surface area contributed by atoms with E-state index in [1.165, 1.54) is 25.3 Å². The van der Waals surface area contributed by atoms with Crippen LogP contribution in [0.3, 0.4) is 0 Å². The molecule has 1 saturated heterocycles. The number of carbonyl (C=O) groups is 5. The number of ether oxygens (including phenoxy) is 5. The standard InChI is InChI=1S/C45H63FN8O10/c1-42(2,3)61-38(56)48-36(49-39(57)62-43(4,5)6)53-20-18-28(19-21-53)31-16-15-30(27-34(31)60-13)47-35(55)29-14-17-33(32(46)26-29)52-22-24-54(25-23-52)37(50-40(58)63-44(7,8)9)51-41(59)64-45(10,11)12/h14-18,26-27H,19-25H2,1-13H3,(H,47,55)(H,48,49,56,57)(H,50,51,58,59). The van der Waals surface area contributed by atoms with Gasteiger partial charge in [0.15, 0.2) is 0 Å². The Morgan fingerprint density at radius 3 is 1.61 bits per heavy atom. The number of aliphatic imine (C=N–C) groups is 2. The van der Waals surface area contributed by atoms with Crippen LogP contribution in [0.25, 0.3) is 5.57 Å². The fourth-order valence-electron chi connectivity index (χ4n) is 6.30. The molecule has 0 saturated carbocycles. The number of benzene rings is 2. The van der Waals surface area contributed by atoms with Crippen LogP contribution in [0.15, 0.2) is 52.5 Å². The Morgan fingerprint density at radius 1 is 0.641 bits per heavy atom. The minimum absolute atomic E-state index is 0.0127. The number of alkyl carbamates (subject to hydrolysis) is 2. The van der Waals surface area contributed by atoms with Crippen molar-refractivity contribution in [2.45, 2.75) is 112 Å². The molecule has 2 aliphatic rings. The van der Waals surface area contributed by atoms with E-state index >= 15 is 4.39 Å². The van der Waals surface area contributed by atoms with E-state index in [1.54, 1.807) is 116 Å². The van der Waals surface area contributed by atoms with Gasteiger partial charge in [0, 0.05) is 62.1 Å². The lowest BCUT2D eigenvalue weighted by Crippen LogP contribution is -2.54. The van der Waals surface area contributed by atoms with Gasteiger partial charge in [-0.25, -0.2) is 23.6 Å². The number of nitrogens with zero attached hydrogens (tertiary/aromatic N) is 5. The highest BCUT2D eigenvalue weighted by atomic mass is 19.1. The van der Waals surface area contributed by atoms with Crippen molar-refractivity contribution in [3.05, 3.63) is 59.4 Å². The Balaban J connectivity index is 1.43. The Bertz CT molecular complexity index is 2150. The van der Waals surface area contributed by atoms with Crippen molar-refractivity contribution in [3.63, 3.8) is 0 Å². The number of halogens is 1. The van der Waals surface area contributed by atoms with Crippen molar-refractivity contribution >= 4 is 59.1 Å². The number of nitrogens with one attached hydrogen (secondary N) is 3. The molecule has 350 valence electrons. The Labute approximate surface area is 374 Å². The zero-order valence-electron chi connectivity index (χ0n) is 39.2. The first kappa shape index (κ1) is 50.2. The van der Waals surface area contributed by atoms with Gasteiger partial charge in [-0.15, -0.1) is 9.98 Å². The summed E-state index contributed by atoms with van der Waals surface area (Å²) in [7, 11) is 1.51. The fourth-order valence-corrected chi connectivity index (χ4v) is 6.30. The van der Waals surface area contributed by atoms with Crippen LogP contribution < -0.4 is 25.6 Å². The van der Waals surface area contributed by atoms with Crippen molar-refractivity contribution in [2.24, 2.45) is 9.98 Å². The summed E-state index contributed by atoms with van der Waals surface area (Å²) in [6.45, 7) is 22.3. The third-order valence-electron chi connectivity index (χ3n) is 8.85. The van der Waals surface area contributed by atoms with E-state index in [2.05, 4.69) is 25.9 Å². The SMILES string of the molecule is COc1cc(NC(=O)c2ccc(N3CCN(C(=NC(=O)OC(C)(C)C)NC(=O)OC(C)(C)C)CC3)c(F)c2)ccc1C1=CCN(C(=NC(=O)OC(C)(C)C)NC(=O)OC(C)(C)C)CC1. The minimum atomic E-state index is -0.889. The molecule has 1 fully saturated rings. The van der Waals surface area contributed by atoms with Gasteiger partial charge >= 0.3 is 24.4 Å². The number of rotatable bonds is 5. The number of carbonyl (C=O) groups excluding carboxylic acids is 5. The maximum Gasteiger partial charge on any atom is 0.437 e. The highest BCUT2D eigenvalue weighted by Crippen LogP contribution is 2.33. The first-order chi connectivity index (χ1) is 29.6. The monoisotopic (exact) mass is 894 g/mol. The lowest BCUT2D eigenvalue weighted by molar-refractivity contribution is 0.0536. The molecule has 0 bridgehead atoms. The number of hydrogen-bond acceptors (Lipinski definition) is 11. The summed E-state index contributed by atoms with van der Waals surface area (Å²) in [6.07, 6.45) is -0.918. The van der Waals surface area contributed by atoms with E-state index in [1.807, 2.05) is 6.08 Å². The normalized spacial score (nSPS) is 15.4. The molecule has 2 aromatic carbocycles. The number of amides is 5. The predicted octanol–water partition coefficient (Wildman–Crippen LogP) is 7.93. The molecule has 4 rings (SSSR count). The average molecular weight is 895 g/mol. The lowest BCUT2D eigenvalue weighted by Gasteiger charge is -2.37. The van der Waals surface area contributed by atoms with Crippen molar-refractivity contribution in [3.8, 4) is 5.75 Å². The van der Waals surface area contributed by atoms with Gasteiger partial charge in [0.1, 0.15) is 34.0 Å². The zero-order chi connectivity index (χ0) is 47.8. The molecule has 2 aromatic rings. The van der Waals surface area contributed by atoms with Gasteiger partial charge in [-0.2, -0.15) is 0 Å². The van der Waals surface area contributed by atoms with Crippen LogP contribution in [0.1, 0.15) is 105 Å². The summed E-state index contributed by atoms with van der Waals surface area (Å²) in [6, 6.07) is 9.41. The molecule has 18 nitrogen and oxygen atoms in total. The first-order valence-electron chi connectivity index (χ1n) is 20.9. The number of anilines is 2. The highest BCUT2D eigenvalue weighted by molar-refractivity contribution is 6.05. The van der Waals surface area contributed by atoms with Crippen molar-refractivity contribution in [2.75, 3.05) is 56.6 Å². The molecule has 19 heteroatoms. The molecule has 0 aliphatic carbocycles. The zero-order valence-corrected chi connectivity index (χ0v) is 39.2. The van der Waals surface area contributed by atoms with Gasteiger partial charge in [-0.05, 0) is 125 Å². The number of guanidine groups is 2. The van der Waals surface area contributed by atoms with Crippen LogP contribution in [-0.2, 0) is 18.9 Å². The van der Waals surface area contributed by atoms with Crippen LogP contribution in [0.5, 0.6) is 5.75 Å². The van der Waals surface area contributed by atoms with Crippen LogP contribution in [-0.4, -0.2) is 121 Å². The van der Waals surface area contributed by atoms with Gasteiger partial charge in [0.05, 0.1) is 12.8 Å². The van der Waals surface area contributed by atoms with Crippen molar-refractivity contribution in [1.29, 1.82) is 0 Å². The largest absolute Gasteiger partial charge is 0.496 e. The molecule has 0 atom stereocenters. The molecule has 0 unspecified atom stereocenters. The Hall–Kier alpha value is -6.40. The smallest absolute Gasteiger partial charge is 0.437 e. The average Bonchev–Trinajstić information content (AvgIpc) is 3.14. The summed E-state index contributed by atoms with van der Waals surface area (Å²) in [4.78, 5) is 77.2. The molecular formula is C45H63FN8O10. The van der Waals surface area contributed by atoms with Gasteiger partial charge in [-0.3, -0.25) is 15.4 Å². The number of hydrogen-bond donors (Lipinski definition) is 3. The highest BCUT2D eigenvalue weighted by Gasteiger charge is 2.29. The van der Waals surface area contributed by atoms with Crippen LogP contribution in [0.2, 0.25) is 0 Å².